The van der Waals surface area contributed by atoms with Crippen LogP contribution in [-0.4, -0.2) is 29.1 Å². The van der Waals surface area contributed by atoms with Crippen LogP contribution in [0.2, 0.25) is 5.02 Å². The Balaban J connectivity index is 2.22. The van der Waals surface area contributed by atoms with Crippen molar-refractivity contribution in [3.63, 3.8) is 0 Å². The molecule has 10 heteroatoms. The second-order valence-electron chi connectivity index (χ2n) is 7.78. The van der Waals surface area contributed by atoms with E-state index in [1.165, 1.54) is 23.7 Å². The van der Waals surface area contributed by atoms with E-state index in [0.717, 1.165) is 11.1 Å². The Morgan fingerprint density at radius 3 is 2.60 bits per heavy atom. The van der Waals surface area contributed by atoms with E-state index in [-0.39, 0.29) is 21.9 Å². The number of hydrogen-bond acceptors (Lipinski definition) is 6. The van der Waals surface area contributed by atoms with Gasteiger partial charge >= 0.3 is 0 Å². The summed E-state index contributed by atoms with van der Waals surface area (Å²) >= 11 is 7.98. The van der Waals surface area contributed by atoms with Gasteiger partial charge in [-0.2, -0.15) is 0 Å². The van der Waals surface area contributed by atoms with Gasteiger partial charge < -0.3 is 0 Å². The molecule has 6 nitrogen and oxygen atoms in total. The number of hydrogen-bond donors (Lipinski definition) is 1. The summed E-state index contributed by atoms with van der Waals surface area (Å²) in [4.78, 5) is 13.7. The number of nitrogens with zero attached hydrogens (tertiary/aromatic N) is 3. The van der Waals surface area contributed by atoms with Gasteiger partial charge in [0.05, 0.1) is 37.7 Å². The fourth-order valence-corrected chi connectivity index (χ4v) is 5.30. The molecule has 1 N–H and O–H groups in total. The molecule has 3 aromatic rings. The largest absolute Gasteiger partial charge is 0.282 e. The number of rotatable bonds is 6. The normalized spacial score (nSPS) is 12.2. The van der Waals surface area contributed by atoms with Crippen molar-refractivity contribution in [3.05, 3.63) is 46.6 Å². The summed E-state index contributed by atoms with van der Waals surface area (Å²) < 4.78 is 41.3. The molecule has 2 heterocycles. The molecule has 3 rings (SSSR count). The second-order valence-corrected chi connectivity index (χ2v) is 11.0. The zero-order valence-corrected chi connectivity index (χ0v) is 19.4. The quantitative estimate of drug-likeness (QED) is 0.515. The molecule has 2 aromatic heterocycles. The number of anilines is 1. The number of thiazole rings is 1. The molecule has 0 spiro atoms. The first-order chi connectivity index (χ1) is 14.0. The lowest BCUT2D eigenvalue weighted by Crippen LogP contribution is -2.16. The fraction of sp³-hybridized carbons (Fsp3) is 0.350. The van der Waals surface area contributed by atoms with Crippen LogP contribution < -0.4 is 4.72 Å². The lowest BCUT2D eigenvalue weighted by Gasteiger charge is -2.14. The van der Waals surface area contributed by atoms with Crippen LogP contribution >= 0.6 is 22.9 Å². The lowest BCUT2D eigenvalue weighted by molar-refractivity contribution is 0.586. The molecule has 1 aromatic carbocycles. The van der Waals surface area contributed by atoms with Gasteiger partial charge in [-0.15, -0.1) is 11.3 Å². The molecular formula is C20H22ClFN4O2S2. The minimum Gasteiger partial charge on any atom is -0.282 e. The molecule has 0 amide bonds. The zero-order chi connectivity index (χ0) is 22.1. The van der Waals surface area contributed by atoms with Crippen molar-refractivity contribution in [2.75, 3.05) is 10.5 Å². The summed E-state index contributed by atoms with van der Waals surface area (Å²) in [5, 5.41) is 0.900. The molecule has 0 radical (unpaired) electrons. The highest BCUT2D eigenvalue weighted by molar-refractivity contribution is 7.92. The van der Waals surface area contributed by atoms with Gasteiger partial charge in [-0.25, -0.2) is 27.8 Å². The van der Waals surface area contributed by atoms with Crippen LogP contribution in [0.15, 0.2) is 30.7 Å². The van der Waals surface area contributed by atoms with Crippen molar-refractivity contribution >= 4 is 38.6 Å². The molecule has 160 valence electrons. The minimum atomic E-state index is -3.64. The van der Waals surface area contributed by atoms with Crippen molar-refractivity contribution in [2.24, 2.45) is 0 Å². The first-order valence-electron chi connectivity index (χ1n) is 9.29. The van der Waals surface area contributed by atoms with E-state index >= 15 is 0 Å². The fourth-order valence-electron chi connectivity index (χ4n) is 2.75. The van der Waals surface area contributed by atoms with Crippen LogP contribution in [0.25, 0.3) is 21.8 Å². The van der Waals surface area contributed by atoms with Crippen LogP contribution in [0.1, 0.15) is 39.1 Å². The number of aromatic nitrogens is 3. The molecule has 0 aliphatic rings. The van der Waals surface area contributed by atoms with Crippen LogP contribution in [0.3, 0.4) is 0 Å². The Morgan fingerprint density at radius 2 is 2.00 bits per heavy atom. The standard InChI is InChI=1S/C20H22ClFN4O2S2/c1-5-8-30(27,28)26-15-10-12(22)9-13(16(15)21)17-18(14-6-7-23-11-24-14)29-19(25-17)20(2,3)4/h6-7,9-11,26H,5,8H2,1-4H3. The van der Waals surface area contributed by atoms with E-state index in [9.17, 15) is 12.8 Å². The Bertz CT molecular complexity index is 1160. The van der Waals surface area contributed by atoms with Gasteiger partial charge in [-0.1, -0.05) is 39.3 Å². The number of sulfonamides is 1. The van der Waals surface area contributed by atoms with E-state index in [2.05, 4.69) is 14.7 Å². The topological polar surface area (TPSA) is 84.8 Å². The van der Waals surface area contributed by atoms with Crippen molar-refractivity contribution in [2.45, 2.75) is 39.5 Å². The predicted molar refractivity (Wildman–Crippen MR) is 120 cm³/mol. The summed E-state index contributed by atoms with van der Waals surface area (Å²) in [5.41, 5.74) is 1.10. The summed E-state index contributed by atoms with van der Waals surface area (Å²) in [6.45, 7) is 7.82. The van der Waals surface area contributed by atoms with E-state index in [1.807, 2.05) is 20.8 Å². The molecular weight excluding hydrogens is 447 g/mol. The molecule has 0 bridgehead atoms. The minimum absolute atomic E-state index is 0.0148. The maximum atomic E-state index is 14.5. The van der Waals surface area contributed by atoms with Crippen LogP contribution in [0, 0.1) is 5.82 Å². The average molecular weight is 469 g/mol. The molecule has 0 aliphatic carbocycles. The second kappa shape index (κ2) is 8.56. The average Bonchev–Trinajstić information content (AvgIpc) is 3.10. The summed E-state index contributed by atoms with van der Waals surface area (Å²) in [6.07, 6.45) is 3.46. The zero-order valence-electron chi connectivity index (χ0n) is 17.0. The third-order valence-electron chi connectivity index (χ3n) is 4.11. The van der Waals surface area contributed by atoms with Gasteiger partial charge in [0.1, 0.15) is 12.1 Å². The third-order valence-corrected chi connectivity index (χ3v) is 7.50. The number of benzene rings is 1. The molecule has 0 aliphatic heterocycles. The van der Waals surface area contributed by atoms with Crippen molar-refractivity contribution < 1.29 is 12.8 Å². The lowest BCUT2D eigenvalue weighted by atomic mass is 9.98. The Morgan fingerprint density at radius 1 is 1.27 bits per heavy atom. The maximum Gasteiger partial charge on any atom is 0.232 e. The summed E-state index contributed by atoms with van der Waals surface area (Å²) in [7, 11) is -3.64. The summed E-state index contributed by atoms with van der Waals surface area (Å²) in [6, 6.07) is 4.06. The smallest absolute Gasteiger partial charge is 0.232 e. The predicted octanol–water partition coefficient (Wildman–Crippen LogP) is 5.51. The Kier molecular flexibility index (Phi) is 6.45. The van der Waals surface area contributed by atoms with Crippen molar-refractivity contribution in [1.82, 2.24) is 15.0 Å². The molecule has 0 saturated carbocycles. The highest BCUT2D eigenvalue weighted by Crippen LogP contribution is 2.44. The van der Waals surface area contributed by atoms with Gasteiger partial charge in [0.15, 0.2) is 0 Å². The van der Waals surface area contributed by atoms with Crippen molar-refractivity contribution in [1.29, 1.82) is 0 Å². The van der Waals surface area contributed by atoms with Gasteiger partial charge in [-0.05, 0) is 24.6 Å². The molecule has 30 heavy (non-hydrogen) atoms. The monoisotopic (exact) mass is 468 g/mol. The SMILES string of the molecule is CCCS(=O)(=O)Nc1cc(F)cc(-c2nc(C(C)(C)C)sc2-c2ccncn2)c1Cl. The Labute approximate surface area is 184 Å². The van der Waals surface area contributed by atoms with Crippen LogP contribution in [0.4, 0.5) is 10.1 Å². The maximum absolute atomic E-state index is 14.5. The van der Waals surface area contributed by atoms with Gasteiger partial charge in [0, 0.05) is 17.2 Å². The first kappa shape index (κ1) is 22.6. The number of halogens is 2. The van der Waals surface area contributed by atoms with E-state index in [1.54, 1.807) is 19.2 Å². The van der Waals surface area contributed by atoms with E-state index in [4.69, 9.17) is 16.6 Å². The molecule has 0 saturated heterocycles. The van der Waals surface area contributed by atoms with Crippen molar-refractivity contribution in [3.8, 4) is 21.8 Å². The molecule has 0 atom stereocenters. The van der Waals surface area contributed by atoms with E-state index < -0.39 is 15.8 Å². The van der Waals surface area contributed by atoms with Gasteiger partial charge in [0.25, 0.3) is 0 Å². The summed E-state index contributed by atoms with van der Waals surface area (Å²) in [5.74, 6) is -0.714. The van der Waals surface area contributed by atoms with Crippen LogP contribution in [0.5, 0.6) is 0 Å². The van der Waals surface area contributed by atoms with Crippen LogP contribution in [-0.2, 0) is 15.4 Å². The van der Waals surface area contributed by atoms with E-state index in [0.29, 0.717) is 28.2 Å². The first-order valence-corrected chi connectivity index (χ1v) is 12.1. The highest BCUT2D eigenvalue weighted by Gasteiger charge is 2.26. The Hall–Kier alpha value is -2.10. The molecule has 0 fully saturated rings. The molecule has 0 unspecified atom stereocenters. The van der Waals surface area contributed by atoms with Gasteiger partial charge in [0.2, 0.25) is 10.0 Å². The highest BCUT2D eigenvalue weighted by atomic mass is 35.5. The van der Waals surface area contributed by atoms with Gasteiger partial charge in [-0.3, -0.25) is 4.72 Å². The number of nitrogens with one attached hydrogen (secondary N) is 1. The third kappa shape index (κ3) is 4.96.